The van der Waals surface area contributed by atoms with E-state index >= 15 is 0 Å². The van der Waals surface area contributed by atoms with Crippen LogP contribution in [0.2, 0.25) is 0 Å². The molecule has 2 saturated heterocycles. The number of carbonyl (C=O) groups is 3. The Morgan fingerprint density at radius 1 is 0.675 bits per heavy atom. The second-order valence-corrected chi connectivity index (χ2v) is 10.3. The molecule has 4 aromatic carbocycles. The van der Waals surface area contributed by atoms with Crippen LogP contribution in [0.1, 0.15) is 22.8 Å². The number of esters is 1. The van der Waals surface area contributed by atoms with E-state index in [0.717, 1.165) is 22.4 Å². The summed E-state index contributed by atoms with van der Waals surface area (Å²) in [4.78, 5) is 45.4. The molecule has 0 spiro atoms. The SMILES string of the molecule is O=C(OC(c1ccccc1)c1ccccc1)[C@@H]1[C@@H]2C(=O)N(c3ccccc3)C(=O)[C@@H]2[C@@H]2C=Cc3ccccc3N12. The fraction of sp³-hybridized carbons (Fsp3) is 0.147. The number of hydrogen-bond acceptors (Lipinski definition) is 5. The minimum absolute atomic E-state index is 0.293. The van der Waals surface area contributed by atoms with Crippen LogP contribution < -0.4 is 9.80 Å². The third kappa shape index (κ3) is 3.75. The van der Waals surface area contributed by atoms with Gasteiger partial charge in [-0.05, 0) is 34.9 Å². The molecule has 0 unspecified atom stereocenters. The lowest BCUT2D eigenvalue weighted by atomic mass is 9.88. The summed E-state index contributed by atoms with van der Waals surface area (Å²) in [6, 6.07) is 34.4. The van der Waals surface area contributed by atoms with Gasteiger partial charge >= 0.3 is 5.97 Å². The van der Waals surface area contributed by atoms with Gasteiger partial charge in [-0.2, -0.15) is 0 Å². The van der Waals surface area contributed by atoms with E-state index < -0.39 is 36.0 Å². The number of fused-ring (bicyclic) bond motifs is 5. The number of para-hydroxylation sites is 2. The summed E-state index contributed by atoms with van der Waals surface area (Å²) in [7, 11) is 0. The highest BCUT2D eigenvalue weighted by atomic mass is 16.5. The quantitative estimate of drug-likeness (QED) is 0.257. The van der Waals surface area contributed by atoms with Crippen molar-refractivity contribution in [3.63, 3.8) is 0 Å². The van der Waals surface area contributed by atoms with Gasteiger partial charge in [0.15, 0.2) is 6.10 Å². The molecular formula is C34H26N2O4. The van der Waals surface area contributed by atoms with E-state index in [1.165, 1.54) is 4.90 Å². The minimum atomic E-state index is -0.971. The van der Waals surface area contributed by atoms with Gasteiger partial charge in [-0.15, -0.1) is 0 Å². The number of amides is 2. The second kappa shape index (κ2) is 9.65. The average Bonchev–Trinajstić information content (AvgIpc) is 3.49. The molecule has 4 aromatic rings. The number of benzene rings is 4. The van der Waals surface area contributed by atoms with Crippen LogP contribution in [-0.2, 0) is 19.1 Å². The fourth-order valence-corrected chi connectivity index (χ4v) is 6.39. The van der Waals surface area contributed by atoms with E-state index in [1.807, 2.05) is 108 Å². The largest absolute Gasteiger partial charge is 0.451 e. The maximum atomic E-state index is 14.3. The minimum Gasteiger partial charge on any atom is -0.451 e. The van der Waals surface area contributed by atoms with Crippen LogP contribution in [0, 0.1) is 11.8 Å². The van der Waals surface area contributed by atoms with Crippen LogP contribution in [0.3, 0.4) is 0 Å². The van der Waals surface area contributed by atoms with E-state index in [2.05, 4.69) is 0 Å². The molecule has 3 heterocycles. The predicted octanol–water partition coefficient (Wildman–Crippen LogP) is 5.41. The lowest BCUT2D eigenvalue weighted by molar-refractivity contribution is -0.151. The summed E-state index contributed by atoms with van der Waals surface area (Å²) in [6.45, 7) is 0. The van der Waals surface area contributed by atoms with Crippen LogP contribution in [0.5, 0.6) is 0 Å². The molecule has 0 N–H and O–H groups in total. The summed E-state index contributed by atoms with van der Waals surface area (Å²) in [6.07, 6.45) is 3.25. The van der Waals surface area contributed by atoms with Crippen LogP contribution in [0.25, 0.3) is 6.08 Å². The van der Waals surface area contributed by atoms with Crippen molar-refractivity contribution in [2.24, 2.45) is 11.8 Å². The number of anilines is 2. The molecule has 4 atom stereocenters. The molecule has 40 heavy (non-hydrogen) atoms. The van der Waals surface area contributed by atoms with Crippen LogP contribution in [0.4, 0.5) is 11.4 Å². The first kappa shape index (κ1) is 24.1. The molecule has 0 aliphatic carbocycles. The van der Waals surface area contributed by atoms with E-state index in [4.69, 9.17) is 4.74 Å². The summed E-state index contributed by atoms with van der Waals surface area (Å²) in [5, 5.41) is 0. The van der Waals surface area contributed by atoms with Gasteiger partial charge in [0.05, 0.1) is 23.6 Å². The highest BCUT2D eigenvalue weighted by Crippen LogP contribution is 2.49. The van der Waals surface area contributed by atoms with Crippen molar-refractivity contribution in [3.05, 3.63) is 138 Å². The van der Waals surface area contributed by atoms with Gasteiger partial charge < -0.3 is 9.64 Å². The molecule has 6 nitrogen and oxygen atoms in total. The third-order valence-electron chi connectivity index (χ3n) is 8.11. The highest BCUT2D eigenvalue weighted by Gasteiger charge is 2.65. The summed E-state index contributed by atoms with van der Waals surface area (Å²) >= 11 is 0. The van der Waals surface area contributed by atoms with Gasteiger partial charge in [-0.3, -0.25) is 9.59 Å². The van der Waals surface area contributed by atoms with E-state index in [1.54, 1.807) is 24.3 Å². The number of nitrogens with zero attached hydrogens (tertiary/aromatic N) is 2. The molecule has 2 amide bonds. The Hall–Kier alpha value is -4.97. The number of rotatable bonds is 5. The normalized spacial score (nSPS) is 22.7. The van der Waals surface area contributed by atoms with Crippen molar-refractivity contribution in [2.75, 3.05) is 9.80 Å². The van der Waals surface area contributed by atoms with E-state index in [0.29, 0.717) is 5.69 Å². The van der Waals surface area contributed by atoms with Crippen molar-refractivity contribution >= 4 is 35.2 Å². The Morgan fingerprint density at radius 2 is 1.23 bits per heavy atom. The van der Waals surface area contributed by atoms with Crippen LogP contribution in [-0.4, -0.2) is 29.9 Å². The molecule has 196 valence electrons. The van der Waals surface area contributed by atoms with Gasteiger partial charge in [0.1, 0.15) is 6.04 Å². The molecular weight excluding hydrogens is 500 g/mol. The Morgan fingerprint density at radius 3 is 1.88 bits per heavy atom. The van der Waals surface area contributed by atoms with Crippen molar-refractivity contribution in [3.8, 4) is 0 Å². The molecule has 0 bridgehead atoms. The highest BCUT2D eigenvalue weighted by molar-refractivity contribution is 6.24. The monoisotopic (exact) mass is 526 g/mol. The Bertz CT molecular complexity index is 1580. The fourth-order valence-electron chi connectivity index (χ4n) is 6.39. The smallest absolute Gasteiger partial charge is 0.330 e. The molecule has 3 aliphatic heterocycles. The molecule has 6 heteroatoms. The first-order valence-electron chi connectivity index (χ1n) is 13.4. The zero-order valence-corrected chi connectivity index (χ0v) is 21.5. The molecule has 0 aromatic heterocycles. The molecule has 0 radical (unpaired) electrons. The van der Waals surface area contributed by atoms with Gasteiger partial charge in [-0.25, -0.2) is 9.69 Å². The van der Waals surface area contributed by atoms with Crippen molar-refractivity contribution in [2.45, 2.75) is 18.2 Å². The first-order valence-corrected chi connectivity index (χ1v) is 13.4. The van der Waals surface area contributed by atoms with E-state index in [9.17, 15) is 14.4 Å². The number of carbonyl (C=O) groups excluding carboxylic acids is 3. The zero-order valence-electron chi connectivity index (χ0n) is 21.5. The number of ether oxygens (including phenoxy) is 1. The first-order chi connectivity index (χ1) is 19.6. The second-order valence-electron chi connectivity index (χ2n) is 10.3. The van der Waals surface area contributed by atoms with Crippen molar-refractivity contribution in [1.29, 1.82) is 0 Å². The topological polar surface area (TPSA) is 66.9 Å². The zero-order chi connectivity index (χ0) is 27.2. The summed E-state index contributed by atoms with van der Waals surface area (Å²) in [5.41, 5.74) is 3.91. The van der Waals surface area contributed by atoms with Gasteiger partial charge in [-0.1, -0.05) is 109 Å². The van der Waals surface area contributed by atoms with Gasteiger partial charge in [0.2, 0.25) is 11.8 Å². The van der Waals surface area contributed by atoms with Crippen LogP contribution in [0.15, 0.2) is 121 Å². The number of hydrogen-bond donors (Lipinski definition) is 0. The average molecular weight is 527 g/mol. The van der Waals surface area contributed by atoms with Gasteiger partial charge in [0, 0.05) is 5.69 Å². The standard InChI is InChI=1S/C34H26N2O4/c37-32-28-27-21-20-22-12-10-11-19-26(22)36(27)30(29(28)33(38)35(32)25-17-8-3-9-18-25)34(39)40-31(23-13-4-1-5-14-23)24-15-6-2-7-16-24/h1-21,27-31H/t27-,28+,29+,30-/m0/s1. The molecule has 7 rings (SSSR count). The summed E-state index contributed by atoms with van der Waals surface area (Å²) in [5.74, 6) is -2.79. The molecule has 2 fully saturated rings. The van der Waals surface area contributed by atoms with Crippen molar-refractivity contribution in [1.82, 2.24) is 0 Å². The lowest BCUT2D eigenvalue weighted by Crippen LogP contribution is -2.49. The third-order valence-corrected chi connectivity index (χ3v) is 8.11. The Labute approximate surface area is 232 Å². The van der Waals surface area contributed by atoms with Crippen LogP contribution >= 0.6 is 0 Å². The Balaban J connectivity index is 1.32. The summed E-state index contributed by atoms with van der Waals surface area (Å²) < 4.78 is 6.32. The van der Waals surface area contributed by atoms with Crippen molar-refractivity contribution < 1.29 is 19.1 Å². The molecule has 0 saturated carbocycles. The molecule has 3 aliphatic rings. The maximum absolute atomic E-state index is 14.3. The Kier molecular flexibility index (Phi) is 5.81. The number of imide groups is 1. The van der Waals surface area contributed by atoms with E-state index in [-0.39, 0.29) is 11.8 Å². The maximum Gasteiger partial charge on any atom is 0.330 e. The van der Waals surface area contributed by atoms with Gasteiger partial charge in [0.25, 0.3) is 0 Å². The lowest BCUT2D eigenvalue weighted by Gasteiger charge is -2.36. The predicted molar refractivity (Wildman–Crippen MR) is 152 cm³/mol.